The van der Waals surface area contributed by atoms with Crippen LogP contribution in [0.1, 0.15) is 17.4 Å². The van der Waals surface area contributed by atoms with Gasteiger partial charge in [-0.05, 0) is 31.2 Å². The average molecular weight is 425 g/mol. The molecule has 4 rings (SSSR count). The van der Waals surface area contributed by atoms with Gasteiger partial charge in [0.1, 0.15) is 6.10 Å². The average Bonchev–Trinajstić information content (AvgIpc) is 3.01. The summed E-state index contributed by atoms with van der Waals surface area (Å²) in [5, 5.41) is 9.62. The van der Waals surface area contributed by atoms with E-state index in [9.17, 15) is 0 Å². The first kappa shape index (κ1) is 20.2. The molecule has 2 heterocycles. The predicted molar refractivity (Wildman–Crippen MR) is 113 cm³/mol. The second-order valence-electron chi connectivity index (χ2n) is 6.29. The van der Waals surface area contributed by atoms with Crippen LogP contribution in [0.5, 0.6) is 0 Å². The molecule has 1 N–H and O–H groups in total. The predicted octanol–water partition coefficient (Wildman–Crippen LogP) is 5.24. The molecule has 1 aliphatic rings. The number of ether oxygens (including phenoxy) is 1. The standard InChI is InChI=1S/C20H19Cl2N3O.ClH/c1-13-19(18-12-23-10-11-26-18)24-25(17-5-3-2-4-16(17)22)20(13)14-6-8-15(21)9-7-14;/h2-9,18,23H,10-12H2,1H3;1H. The summed E-state index contributed by atoms with van der Waals surface area (Å²) < 4.78 is 7.85. The lowest BCUT2D eigenvalue weighted by Crippen LogP contribution is -2.33. The lowest BCUT2D eigenvalue weighted by atomic mass is 10.0. The molecule has 1 fully saturated rings. The Morgan fingerprint density at radius 3 is 2.52 bits per heavy atom. The Balaban J connectivity index is 0.00000210. The highest BCUT2D eigenvalue weighted by Crippen LogP contribution is 2.34. The minimum Gasteiger partial charge on any atom is -0.369 e. The fraction of sp³-hybridized carbons (Fsp3) is 0.250. The number of aromatic nitrogens is 2. The van der Waals surface area contributed by atoms with Crippen molar-refractivity contribution >= 4 is 35.6 Å². The van der Waals surface area contributed by atoms with E-state index in [4.69, 9.17) is 33.0 Å². The minimum atomic E-state index is -0.0708. The van der Waals surface area contributed by atoms with Crippen LogP contribution in [-0.4, -0.2) is 29.5 Å². The summed E-state index contributed by atoms with van der Waals surface area (Å²) in [4.78, 5) is 0. The Kier molecular flexibility index (Phi) is 6.45. The van der Waals surface area contributed by atoms with E-state index >= 15 is 0 Å². The van der Waals surface area contributed by atoms with E-state index in [1.165, 1.54) is 0 Å². The number of nitrogens with one attached hydrogen (secondary N) is 1. The highest BCUT2D eigenvalue weighted by atomic mass is 35.5. The van der Waals surface area contributed by atoms with Crippen molar-refractivity contribution in [1.82, 2.24) is 15.1 Å². The molecule has 0 radical (unpaired) electrons. The Morgan fingerprint density at radius 2 is 1.85 bits per heavy atom. The summed E-state index contributed by atoms with van der Waals surface area (Å²) in [5.41, 5.74) is 4.90. The van der Waals surface area contributed by atoms with Gasteiger partial charge in [-0.1, -0.05) is 47.5 Å². The van der Waals surface area contributed by atoms with Gasteiger partial charge in [-0.3, -0.25) is 0 Å². The number of rotatable bonds is 3. The SMILES string of the molecule is Cc1c(C2CNCCO2)nn(-c2ccccc2Cl)c1-c1ccc(Cl)cc1.Cl. The number of para-hydroxylation sites is 1. The van der Waals surface area contributed by atoms with Crippen LogP contribution in [0.15, 0.2) is 48.5 Å². The number of benzene rings is 2. The monoisotopic (exact) mass is 423 g/mol. The minimum absolute atomic E-state index is 0. The summed E-state index contributed by atoms with van der Waals surface area (Å²) in [6, 6.07) is 15.5. The lowest BCUT2D eigenvalue weighted by molar-refractivity contribution is 0.0244. The van der Waals surface area contributed by atoms with Gasteiger partial charge in [-0.2, -0.15) is 5.10 Å². The summed E-state index contributed by atoms with van der Waals surface area (Å²) in [6.45, 7) is 4.38. The number of morpholine rings is 1. The van der Waals surface area contributed by atoms with Crippen LogP contribution in [0.3, 0.4) is 0 Å². The van der Waals surface area contributed by atoms with Gasteiger partial charge in [0.25, 0.3) is 0 Å². The molecular formula is C20H20Cl3N3O. The molecule has 7 heteroatoms. The summed E-state index contributed by atoms with van der Waals surface area (Å²) in [6.07, 6.45) is -0.0708. The van der Waals surface area contributed by atoms with Crippen LogP contribution in [0.25, 0.3) is 16.9 Å². The van der Waals surface area contributed by atoms with Gasteiger partial charge in [0.15, 0.2) is 0 Å². The van der Waals surface area contributed by atoms with E-state index in [0.29, 0.717) is 16.7 Å². The van der Waals surface area contributed by atoms with E-state index in [2.05, 4.69) is 12.2 Å². The summed E-state index contributed by atoms with van der Waals surface area (Å²) in [5.74, 6) is 0. The first-order chi connectivity index (χ1) is 12.6. The fourth-order valence-corrected chi connectivity index (χ4v) is 3.65. The van der Waals surface area contributed by atoms with Gasteiger partial charge in [-0.15, -0.1) is 12.4 Å². The molecule has 0 saturated carbocycles. The second kappa shape index (κ2) is 8.63. The van der Waals surface area contributed by atoms with E-state index in [1.807, 2.05) is 53.2 Å². The summed E-state index contributed by atoms with van der Waals surface area (Å²) >= 11 is 12.5. The Hall–Kier alpha value is -1.56. The molecule has 3 aromatic rings. The molecule has 142 valence electrons. The van der Waals surface area contributed by atoms with Crippen LogP contribution >= 0.6 is 35.6 Å². The lowest BCUT2D eigenvalue weighted by Gasteiger charge is -2.22. The van der Waals surface area contributed by atoms with Crippen LogP contribution in [0, 0.1) is 6.92 Å². The molecule has 0 spiro atoms. The molecule has 2 aromatic carbocycles. The normalized spacial score (nSPS) is 16.8. The third-order valence-electron chi connectivity index (χ3n) is 4.59. The molecule has 4 nitrogen and oxygen atoms in total. The molecule has 1 saturated heterocycles. The summed E-state index contributed by atoms with van der Waals surface area (Å²) in [7, 11) is 0. The van der Waals surface area contributed by atoms with Crippen molar-refractivity contribution in [3.05, 3.63) is 69.8 Å². The fourth-order valence-electron chi connectivity index (χ4n) is 3.30. The largest absolute Gasteiger partial charge is 0.369 e. The van der Waals surface area contributed by atoms with Gasteiger partial charge >= 0.3 is 0 Å². The molecule has 0 amide bonds. The van der Waals surface area contributed by atoms with Crippen molar-refractivity contribution < 1.29 is 4.74 Å². The molecule has 1 atom stereocenters. The van der Waals surface area contributed by atoms with Gasteiger partial charge < -0.3 is 10.1 Å². The van der Waals surface area contributed by atoms with E-state index in [1.54, 1.807) is 0 Å². The number of nitrogens with zero attached hydrogens (tertiary/aromatic N) is 2. The number of halogens is 3. The third kappa shape index (κ3) is 4.00. The van der Waals surface area contributed by atoms with Crippen molar-refractivity contribution in [2.45, 2.75) is 13.0 Å². The van der Waals surface area contributed by atoms with Crippen LogP contribution < -0.4 is 5.32 Å². The Morgan fingerprint density at radius 1 is 1.11 bits per heavy atom. The van der Waals surface area contributed by atoms with E-state index in [-0.39, 0.29) is 18.5 Å². The van der Waals surface area contributed by atoms with Crippen LogP contribution in [0.2, 0.25) is 10.0 Å². The zero-order valence-electron chi connectivity index (χ0n) is 14.8. The smallest absolute Gasteiger partial charge is 0.114 e. The van der Waals surface area contributed by atoms with Crippen molar-refractivity contribution in [3.63, 3.8) is 0 Å². The third-order valence-corrected chi connectivity index (χ3v) is 5.16. The maximum atomic E-state index is 6.47. The highest BCUT2D eigenvalue weighted by molar-refractivity contribution is 6.32. The van der Waals surface area contributed by atoms with Gasteiger partial charge in [-0.25, -0.2) is 4.68 Å². The highest BCUT2D eigenvalue weighted by Gasteiger charge is 2.26. The van der Waals surface area contributed by atoms with Gasteiger partial charge in [0, 0.05) is 29.2 Å². The Bertz CT molecular complexity index is 919. The Labute approximate surface area is 174 Å². The quantitative estimate of drug-likeness (QED) is 0.625. The van der Waals surface area contributed by atoms with E-state index in [0.717, 1.165) is 41.3 Å². The van der Waals surface area contributed by atoms with Crippen molar-refractivity contribution in [1.29, 1.82) is 0 Å². The molecular weight excluding hydrogens is 405 g/mol. The maximum Gasteiger partial charge on any atom is 0.114 e. The second-order valence-corrected chi connectivity index (χ2v) is 7.14. The van der Waals surface area contributed by atoms with Crippen LogP contribution in [-0.2, 0) is 4.74 Å². The zero-order valence-corrected chi connectivity index (χ0v) is 17.1. The molecule has 27 heavy (non-hydrogen) atoms. The molecule has 1 aliphatic heterocycles. The van der Waals surface area contributed by atoms with Crippen molar-refractivity contribution in [3.8, 4) is 16.9 Å². The molecule has 1 aromatic heterocycles. The van der Waals surface area contributed by atoms with Crippen LogP contribution in [0.4, 0.5) is 0 Å². The van der Waals surface area contributed by atoms with Crippen molar-refractivity contribution in [2.24, 2.45) is 0 Å². The topological polar surface area (TPSA) is 39.1 Å². The molecule has 1 unspecified atom stereocenters. The first-order valence-corrected chi connectivity index (χ1v) is 9.33. The van der Waals surface area contributed by atoms with Crippen molar-refractivity contribution in [2.75, 3.05) is 19.7 Å². The zero-order chi connectivity index (χ0) is 18.1. The number of hydrogen-bond acceptors (Lipinski definition) is 3. The van der Waals surface area contributed by atoms with Gasteiger partial charge in [0.05, 0.1) is 28.7 Å². The number of hydrogen-bond donors (Lipinski definition) is 1. The first-order valence-electron chi connectivity index (χ1n) is 8.58. The molecule has 0 bridgehead atoms. The molecule has 0 aliphatic carbocycles. The van der Waals surface area contributed by atoms with Gasteiger partial charge in [0.2, 0.25) is 0 Å². The van der Waals surface area contributed by atoms with E-state index < -0.39 is 0 Å². The maximum absolute atomic E-state index is 6.47.